The first-order valence-corrected chi connectivity index (χ1v) is 5.81. The maximum absolute atomic E-state index is 10.8. The van der Waals surface area contributed by atoms with Gasteiger partial charge in [0.25, 0.3) is 0 Å². The van der Waals surface area contributed by atoms with Crippen LogP contribution in [0.4, 0.5) is 0 Å². The number of nitrogens with zero attached hydrogens (tertiary/aromatic N) is 1. The molecule has 86 valence electrons. The van der Waals surface area contributed by atoms with Crippen molar-refractivity contribution in [2.75, 3.05) is 0 Å². The molecule has 0 bridgehead atoms. The van der Waals surface area contributed by atoms with Crippen LogP contribution in [0.15, 0.2) is 30.5 Å². The van der Waals surface area contributed by atoms with Gasteiger partial charge in [0.2, 0.25) is 0 Å². The Morgan fingerprint density at radius 1 is 1.12 bits per heavy atom. The third-order valence-corrected chi connectivity index (χ3v) is 3.11. The molecule has 2 nitrogen and oxygen atoms in total. The third kappa shape index (κ3) is 2.60. The Morgan fingerprint density at radius 2 is 1.88 bits per heavy atom. The number of hydrogen-bond donors (Lipinski definition) is 0. The Morgan fingerprint density at radius 3 is 2.59 bits per heavy atom. The molecule has 0 aliphatic carbocycles. The van der Waals surface area contributed by atoms with E-state index in [-0.39, 0.29) is 5.15 Å². The third-order valence-electron chi connectivity index (χ3n) is 2.23. The zero-order valence-corrected chi connectivity index (χ0v) is 10.7. The summed E-state index contributed by atoms with van der Waals surface area (Å²) in [6.07, 6.45) is 2.20. The summed E-state index contributed by atoms with van der Waals surface area (Å²) < 4.78 is 0. The number of pyridine rings is 1. The SMILES string of the molecule is O=Cc1cc(-c2cc(Cl)ccc2Cl)cnc1Cl. The lowest BCUT2D eigenvalue weighted by Crippen LogP contribution is -1.89. The van der Waals surface area contributed by atoms with E-state index in [4.69, 9.17) is 34.8 Å². The molecule has 5 heteroatoms. The van der Waals surface area contributed by atoms with E-state index < -0.39 is 0 Å². The highest BCUT2D eigenvalue weighted by Gasteiger charge is 2.08. The van der Waals surface area contributed by atoms with Crippen LogP contribution < -0.4 is 0 Å². The van der Waals surface area contributed by atoms with E-state index in [1.165, 1.54) is 0 Å². The average molecular weight is 287 g/mol. The summed E-state index contributed by atoms with van der Waals surface area (Å²) in [6, 6.07) is 6.72. The quantitative estimate of drug-likeness (QED) is 0.600. The monoisotopic (exact) mass is 285 g/mol. The van der Waals surface area contributed by atoms with Crippen molar-refractivity contribution < 1.29 is 4.79 Å². The van der Waals surface area contributed by atoms with Crippen molar-refractivity contribution in [1.29, 1.82) is 0 Å². The van der Waals surface area contributed by atoms with Gasteiger partial charge in [0.05, 0.1) is 5.56 Å². The molecule has 0 radical (unpaired) electrons. The van der Waals surface area contributed by atoms with Gasteiger partial charge in [-0.3, -0.25) is 4.79 Å². The van der Waals surface area contributed by atoms with Crippen LogP contribution in [0.2, 0.25) is 15.2 Å². The van der Waals surface area contributed by atoms with Gasteiger partial charge in [-0.1, -0.05) is 34.8 Å². The summed E-state index contributed by atoms with van der Waals surface area (Å²) in [6.45, 7) is 0. The maximum Gasteiger partial charge on any atom is 0.153 e. The molecule has 17 heavy (non-hydrogen) atoms. The van der Waals surface area contributed by atoms with Crippen LogP contribution in [0.25, 0.3) is 11.1 Å². The fourth-order valence-electron chi connectivity index (χ4n) is 1.41. The standard InChI is InChI=1S/C12H6Cl3NO/c13-9-1-2-11(14)10(4-9)7-3-8(6-17)12(15)16-5-7/h1-6H. The van der Waals surface area contributed by atoms with Crippen molar-refractivity contribution in [3.8, 4) is 11.1 Å². The number of halogens is 3. The smallest absolute Gasteiger partial charge is 0.153 e. The Balaban J connectivity index is 2.60. The van der Waals surface area contributed by atoms with Crippen molar-refractivity contribution >= 4 is 41.1 Å². The Bertz CT molecular complexity index is 584. The fraction of sp³-hybridized carbons (Fsp3) is 0. The minimum atomic E-state index is 0.168. The summed E-state index contributed by atoms with van der Waals surface area (Å²) in [7, 11) is 0. The number of aldehydes is 1. The minimum absolute atomic E-state index is 0.168. The number of aromatic nitrogens is 1. The number of rotatable bonds is 2. The molecular weight excluding hydrogens is 280 g/mol. The average Bonchev–Trinajstić information content (AvgIpc) is 2.33. The summed E-state index contributed by atoms with van der Waals surface area (Å²) in [5.74, 6) is 0. The predicted octanol–water partition coefficient (Wildman–Crippen LogP) is 4.52. The van der Waals surface area contributed by atoms with Crippen molar-refractivity contribution in [1.82, 2.24) is 4.98 Å². The highest BCUT2D eigenvalue weighted by atomic mass is 35.5. The molecule has 1 aromatic carbocycles. The van der Waals surface area contributed by atoms with Crippen LogP contribution in [-0.2, 0) is 0 Å². The molecule has 0 saturated carbocycles. The molecule has 0 atom stereocenters. The zero-order chi connectivity index (χ0) is 12.4. The van der Waals surface area contributed by atoms with Crippen molar-refractivity contribution in [3.63, 3.8) is 0 Å². The van der Waals surface area contributed by atoms with Crippen molar-refractivity contribution in [2.24, 2.45) is 0 Å². The summed E-state index contributed by atoms with van der Waals surface area (Å²) >= 11 is 17.7. The van der Waals surface area contributed by atoms with Gasteiger partial charge in [-0.25, -0.2) is 4.98 Å². The molecule has 1 aromatic heterocycles. The highest BCUT2D eigenvalue weighted by molar-refractivity contribution is 6.35. The number of carbonyl (C=O) groups is 1. The molecular formula is C12H6Cl3NO. The zero-order valence-electron chi connectivity index (χ0n) is 8.45. The van der Waals surface area contributed by atoms with E-state index >= 15 is 0 Å². The largest absolute Gasteiger partial charge is 0.298 e. The lowest BCUT2D eigenvalue weighted by Gasteiger charge is -2.06. The van der Waals surface area contributed by atoms with E-state index in [9.17, 15) is 4.79 Å². The molecule has 0 spiro atoms. The molecule has 2 rings (SSSR count). The molecule has 0 unspecified atom stereocenters. The molecule has 2 aromatic rings. The Hall–Kier alpha value is -1.09. The molecule has 1 heterocycles. The lowest BCUT2D eigenvalue weighted by atomic mass is 10.1. The van der Waals surface area contributed by atoms with E-state index in [0.29, 0.717) is 33.0 Å². The van der Waals surface area contributed by atoms with Gasteiger partial charge in [0.15, 0.2) is 6.29 Å². The molecule has 0 fully saturated rings. The van der Waals surface area contributed by atoms with Gasteiger partial charge in [-0.15, -0.1) is 0 Å². The van der Waals surface area contributed by atoms with Gasteiger partial charge >= 0.3 is 0 Å². The first-order chi connectivity index (χ1) is 8.11. The van der Waals surface area contributed by atoms with E-state index in [0.717, 1.165) is 0 Å². The topological polar surface area (TPSA) is 30.0 Å². The Kier molecular flexibility index (Phi) is 3.67. The van der Waals surface area contributed by atoms with Crippen LogP contribution in [0.1, 0.15) is 10.4 Å². The predicted molar refractivity (Wildman–Crippen MR) is 70.1 cm³/mol. The van der Waals surface area contributed by atoms with E-state index in [1.54, 1.807) is 30.5 Å². The summed E-state index contributed by atoms with van der Waals surface area (Å²) in [5, 5.41) is 1.27. The first-order valence-electron chi connectivity index (χ1n) is 4.68. The van der Waals surface area contributed by atoms with Crippen LogP contribution in [0.3, 0.4) is 0 Å². The van der Waals surface area contributed by atoms with Gasteiger partial charge in [-0.2, -0.15) is 0 Å². The molecule has 0 aliphatic heterocycles. The minimum Gasteiger partial charge on any atom is -0.298 e. The van der Waals surface area contributed by atoms with Gasteiger partial charge in [0, 0.05) is 27.4 Å². The number of hydrogen-bond acceptors (Lipinski definition) is 2. The molecule has 0 N–H and O–H groups in total. The van der Waals surface area contributed by atoms with Crippen molar-refractivity contribution in [2.45, 2.75) is 0 Å². The fourth-order valence-corrected chi connectivity index (χ4v) is 1.96. The van der Waals surface area contributed by atoms with Gasteiger partial charge in [0.1, 0.15) is 5.15 Å². The molecule has 0 saturated heterocycles. The maximum atomic E-state index is 10.8. The second-order valence-electron chi connectivity index (χ2n) is 3.35. The second kappa shape index (κ2) is 5.05. The highest BCUT2D eigenvalue weighted by Crippen LogP contribution is 2.31. The first kappa shape index (κ1) is 12.4. The normalized spacial score (nSPS) is 10.3. The van der Waals surface area contributed by atoms with E-state index in [1.807, 2.05) is 0 Å². The second-order valence-corrected chi connectivity index (χ2v) is 4.55. The number of benzene rings is 1. The summed E-state index contributed by atoms with van der Waals surface area (Å²) in [5.41, 5.74) is 1.73. The van der Waals surface area contributed by atoms with Crippen molar-refractivity contribution in [3.05, 3.63) is 51.2 Å². The van der Waals surface area contributed by atoms with E-state index in [2.05, 4.69) is 4.98 Å². The summed E-state index contributed by atoms with van der Waals surface area (Å²) in [4.78, 5) is 14.7. The van der Waals surface area contributed by atoms with Crippen LogP contribution >= 0.6 is 34.8 Å². The van der Waals surface area contributed by atoms with Gasteiger partial charge < -0.3 is 0 Å². The van der Waals surface area contributed by atoms with Gasteiger partial charge in [-0.05, 0) is 24.3 Å². The molecule has 0 aliphatic rings. The molecule has 0 amide bonds. The number of carbonyl (C=O) groups excluding carboxylic acids is 1. The van der Waals surface area contributed by atoms with Crippen LogP contribution in [-0.4, -0.2) is 11.3 Å². The van der Waals surface area contributed by atoms with Crippen LogP contribution in [0.5, 0.6) is 0 Å². The van der Waals surface area contributed by atoms with Crippen LogP contribution in [0, 0.1) is 0 Å². The Labute approximate surface area is 113 Å². The lowest BCUT2D eigenvalue weighted by molar-refractivity contribution is 0.112.